The molecule has 2 aliphatic rings. The lowest BCUT2D eigenvalue weighted by Gasteiger charge is -2.27. The lowest BCUT2D eigenvalue weighted by atomic mass is 10.0. The van der Waals surface area contributed by atoms with Crippen molar-refractivity contribution in [3.63, 3.8) is 0 Å². The lowest BCUT2D eigenvalue weighted by Crippen LogP contribution is -2.35. The molecule has 4 heterocycles. The zero-order chi connectivity index (χ0) is 26.1. The maximum atomic E-state index is 13.5. The Morgan fingerprint density at radius 3 is 2.74 bits per heavy atom. The molecule has 0 saturated carbocycles. The molecule has 6 rings (SSSR count). The van der Waals surface area contributed by atoms with E-state index in [1.165, 1.54) is 6.39 Å². The Morgan fingerprint density at radius 2 is 2.03 bits per heavy atom. The Hall–Kier alpha value is -3.99. The van der Waals surface area contributed by atoms with Gasteiger partial charge in [0.25, 0.3) is 5.56 Å². The molecule has 3 N–H and O–H groups in total. The highest BCUT2D eigenvalue weighted by Crippen LogP contribution is 2.32. The molecule has 1 fully saturated rings. The minimum atomic E-state index is -0.429. The van der Waals surface area contributed by atoms with E-state index in [1.807, 2.05) is 25.1 Å². The van der Waals surface area contributed by atoms with Gasteiger partial charge in [-0.15, -0.1) is 10.2 Å². The van der Waals surface area contributed by atoms with Crippen LogP contribution in [0, 0.1) is 0 Å². The van der Waals surface area contributed by atoms with Crippen molar-refractivity contribution in [2.75, 3.05) is 30.3 Å². The molecule has 2 aromatic carbocycles. The van der Waals surface area contributed by atoms with Gasteiger partial charge in [0, 0.05) is 58.8 Å². The first-order chi connectivity index (χ1) is 18.6. The van der Waals surface area contributed by atoms with E-state index < -0.39 is 6.29 Å². The molecule has 4 aromatic rings. The molecule has 2 aliphatic heterocycles. The van der Waals surface area contributed by atoms with E-state index in [0.29, 0.717) is 46.6 Å². The van der Waals surface area contributed by atoms with Crippen LogP contribution >= 0.6 is 11.6 Å². The van der Waals surface area contributed by atoms with Crippen molar-refractivity contribution in [2.45, 2.75) is 25.9 Å². The number of anilines is 2. The van der Waals surface area contributed by atoms with Gasteiger partial charge in [0.15, 0.2) is 6.29 Å². The predicted molar refractivity (Wildman–Crippen MR) is 147 cm³/mol. The molecular weight excluding hydrogens is 506 g/mol. The van der Waals surface area contributed by atoms with Crippen LogP contribution < -0.4 is 21.5 Å². The topological polar surface area (TPSA) is 119 Å². The van der Waals surface area contributed by atoms with Gasteiger partial charge in [-0.3, -0.25) is 9.36 Å². The van der Waals surface area contributed by atoms with E-state index in [1.54, 1.807) is 29.0 Å². The Labute approximate surface area is 223 Å². The quantitative estimate of drug-likeness (QED) is 0.340. The third-order valence-corrected chi connectivity index (χ3v) is 6.96. The van der Waals surface area contributed by atoms with Crippen molar-refractivity contribution in [3.05, 3.63) is 81.4 Å². The number of benzene rings is 2. The van der Waals surface area contributed by atoms with Gasteiger partial charge in [0.05, 0.1) is 12.7 Å². The summed E-state index contributed by atoms with van der Waals surface area (Å²) < 4.78 is 12.8. The number of rotatable bonds is 6. The molecule has 2 aromatic heterocycles. The van der Waals surface area contributed by atoms with Crippen LogP contribution in [0.15, 0.2) is 69.1 Å². The van der Waals surface area contributed by atoms with Crippen molar-refractivity contribution >= 4 is 29.3 Å². The highest BCUT2D eigenvalue weighted by molar-refractivity contribution is 6.33. The van der Waals surface area contributed by atoms with Crippen molar-refractivity contribution in [3.8, 4) is 22.6 Å². The molecular formula is C27H26ClN7O3. The van der Waals surface area contributed by atoms with Crippen LogP contribution in [0.1, 0.15) is 24.2 Å². The first kappa shape index (κ1) is 24.4. The summed E-state index contributed by atoms with van der Waals surface area (Å²) in [6.45, 7) is 4.81. The standard InChI is InChI=1S/C27H26ClN7O3/c1-2-35-24-18(11-21(26(35)36)20-8-5-17(12-22(20)28)25-34-31-15-38-25)13-30-27(33-24)32-19-6-3-16(4-7-19)23-14-29-9-10-37-23/h3-8,11-13,15,23,27,29,32-33H,2,9-10,14H2,1H3. The van der Waals surface area contributed by atoms with Crippen LogP contribution in [0.4, 0.5) is 11.5 Å². The van der Waals surface area contributed by atoms with Crippen LogP contribution in [-0.4, -0.2) is 47.0 Å². The first-order valence-corrected chi connectivity index (χ1v) is 12.8. The van der Waals surface area contributed by atoms with E-state index in [0.717, 1.165) is 29.9 Å². The Kier molecular flexibility index (Phi) is 6.67. The summed E-state index contributed by atoms with van der Waals surface area (Å²) in [6.07, 6.45) is 2.66. The number of halogens is 1. The second kappa shape index (κ2) is 10.4. The van der Waals surface area contributed by atoms with E-state index in [2.05, 4.69) is 43.3 Å². The summed E-state index contributed by atoms with van der Waals surface area (Å²) >= 11 is 6.60. The third kappa shape index (κ3) is 4.69. The number of hydrogen-bond donors (Lipinski definition) is 3. The Morgan fingerprint density at radius 1 is 1.16 bits per heavy atom. The maximum Gasteiger partial charge on any atom is 0.260 e. The third-order valence-electron chi connectivity index (χ3n) is 6.65. The summed E-state index contributed by atoms with van der Waals surface area (Å²) in [7, 11) is 0. The number of aliphatic imine (C=N–C) groups is 1. The number of pyridine rings is 1. The minimum Gasteiger partial charge on any atom is -0.423 e. The number of ether oxygens (including phenoxy) is 1. The predicted octanol–water partition coefficient (Wildman–Crippen LogP) is 4.14. The molecule has 0 spiro atoms. The van der Waals surface area contributed by atoms with E-state index in [-0.39, 0.29) is 11.7 Å². The second-order valence-corrected chi connectivity index (χ2v) is 9.41. The number of fused-ring (bicyclic) bond motifs is 1. The molecule has 0 bridgehead atoms. The molecule has 11 heteroatoms. The van der Waals surface area contributed by atoms with E-state index >= 15 is 0 Å². The van der Waals surface area contributed by atoms with Crippen molar-refractivity contribution in [2.24, 2.45) is 4.99 Å². The fraction of sp³-hybridized carbons (Fsp3) is 0.259. The number of nitrogens with one attached hydrogen (secondary N) is 3. The summed E-state index contributed by atoms with van der Waals surface area (Å²) in [5, 5.41) is 18.1. The summed E-state index contributed by atoms with van der Waals surface area (Å²) in [6, 6.07) is 15.3. The van der Waals surface area contributed by atoms with E-state index in [9.17, 15) is 4.79 Å². The average molecular weight is 532 g/mol. The van der Waals surface area contributed by atoms with Gasteiger partial charge in [0.2, 0.25) is 12.3 Å². The molecule has 1 saturated heterocycles. The summed E-state index contributed by atoms with van der Waals surface area (Å²) in [4.78, 5) is 18.2. The zero-order valence-corrected chi connectivity index (χ0v) is 21.4. The zero-order valence-electron chi connectivity index (χ0n) is 20.6. The second-order valence-electron chi connectivity index (χ2n) is 9.00. The first-order valence-electron chi connectivity index (χ1n) is 12.4. The van der Waals surface area contributed by atoms with Crippen LogP contribution in [0.5, 0.6) is 0 Å². The number of aromatic nitrogens is 3. The maximum absolute atomic E-state index is 13.5. The molecule has 38 heavy (non-hydrogen) atoms. The van der Waals surface area contributed by atoms with Crippen LogP contribution in [0.2, 0.25) is 5.02 Å². The molecule has 0 amide bonds. The van der Waals surface area contributed by atoms with Gasteiger partial charge in [-0.05, 0) is 42.8 Å². The summed E-state index contributed by atoms with van der Waals surface area (Å²) in [5.74, 6) is 1.06. The van der Waals surface area contributed by atoms with Crippen LogP contribution in [0.3, 0.4) is 0 Å². The number of hydrogen-bond acceptors (Lipinski definition) is 9. The largest absolute Gasteiger partial charge is 0.423 e. The Bertz CT molecular complexity index is 1530. The van der Waals surface area contributed by atoms with Gasteiger partial charge >= 0.3 is 0 Å². The SMILES string of the molecule is CCn1c2c(cc(-c3ccc(-c4nnco4)cc3Cl)c1=O)C=NC(Nc1ccc(C3CNCCO3)cc1)N2. The van der Waals surface area contributed by atoms with Crippen LogP contribution in [-0.2, 0) is 11.3 Å². The van der Waals surface area contributed by atoms with Crippen molar-refractivity contribution < 1.29 is 9.15 Å². The van der Waals surface area contributed by atoms with Crippen LogP contribution in [0.25, 0.3) is 22.6 Å². The normalized spacial score (nSPS) is 18.6. The lowest BCUT2D eigenvalue weighted by molar-refractivity contribution is 0.0277. The van der Waals surface area contributed by atoms with Gasteiger partial charge in [0.1, 0.15) is 5.82 Å². The highest BCUT2D eigenvalue weighted by Gasteiger charge is 2.22. The van der Waals surface area contributed by atoms with E-state index in [4.69, 9.17) is 20.8 Å². The average Bonchev–Trinajstić information content (AvgIpc) is 3.49. The highest BCUT2D eigenvalue weighted by atomic mass is 35.5. The molecule has 10 nitrogen and oxygen atoms in total. The smallest absolute Gasteiger partial charge is 0.260 e. The fourth-order valence-corrected chi connectivity index (χ4v) is 5.02. The monoisotopic (exact) mass is 531 g/mol. The fourth-order valence-electron chi connectivity index (χ4n) is 4.73. The number of nitrogens with zero attached hydrogens (tertiary/aromatic N) is 4. The van der Waals surface area contributed by atoms with Crippen molar-refractivity contribution in [1.82, 2.24) is 20.1 Å². The van der Waals surface area contributed by atoms with Gasteiger partial charge < -0.3 is 25.1 Å². The molecule has 2 unspecified atom stereocenters. The minimum absolute atomic E-state index is 0.0622. The van der Waals surface area contributed by atoms with Crippen molar-refractivity contribution in [1.29, 1.82) is 0 Å². The number of morpholine rings is 1. The molecule has 2 atom stereocenters. The van der Waals surface area contributed by atoms with Gasteiger partial charge in [-0.25, -0.2) is 4.99 Å². The molecule has 0 radical (unpaired) electrons. The molecule has 0 aliphatic carbocycles. The molecule has 194 valence electrons. The summed E-state index contributed by atoms with van der Waals surface area (Å²) in [5.41, 5.74) is 4.48. The Balaban J connectivity index is 1.24. The van der Waals surface area contributed by atoms with Gasteiger partial charge in [-0.2, -0.15) is 0 Å². The van der Waals surface area contributed by atoms with Gasteiger partial charge in [-0.1, -0.05) is 29.8 Å².